The standard InChI is InChI=1S/C22H29BrO4/c1-12-9-17-15-6-8-21(27,13(2)24)20(15,4)11-18(26)22(17,23)19(3)7-5-14(25)10-16(12)19/h5,7,10,12,15,17-18,26-27H,6,8-9,11H2,1-4H3/t12-,15-,17-,18-,19-,20-,21-,22-/m0/s1. The molecule has 0 aliphatic heterocycles. The van der Waals surface area contributed by atoms with Crippen LogP contribution in [0.3, 0.4) is 0 Å². The van der Waals surface area contributed by atoms with E-state index in [1.807, 2.05) is 13.0 Å². The van der Waals surface area contributed by atoms with Crippen LogP contribution in [0.2, 0.25) is 0 Å². The Morgan fingerprint density at radius 3 is 2.59 bits per heavy atom. The Kier molecular flexibility index (Phi) is 4.08. The molecule has 0 amide bonds. The normalized spacial score (nSPS) is 54.0. The van der Waals surface area contributed by atoms with Gasteiger partial charge in [-0.1, -0.05) is 48.4 Å². The van der Waals surface area contributed by atoms with E-state index in [4.69, 9.17) is 0 Å². The van der Waals surface area contributed by atoms with Gasteiger partial charge < -0.3 is 10.2 Å². The van der Waals surface area contributed by atoms with Crippen LogP contribution >= 0.6 is 15.9 Å². The highest BCUT2D eigenvalue weighted by atomic mass is 79.9. The number of hydrogen-bond acceptors (Lipinski definition) is 4. The molecule has 2 N–H and O–H groups in total. The minimum absolute atomic E-state index is 0.00540. The van der Waals surface area contributed by atoms with Crippen molar-refractivity contribution in [2.45, 2.75) is 69.4 Å². The Balaban J connectivity index is 1.86. The Labute approximate surface area is 169 Å². The third kappa shape index (κ3) is 2.11. The number of ketones is 2. The second kappa shape index (κ2) is 5.64. The molecule has 0 heterocycles. The highest BCUT2D eigenvalue weighted by Gasteiger charge is 2.72. The fraction of sp³-hybridized carbons (Fsp3) is 0.727. The van der Waals surface area contributed by atoms with Gasteiger partial charge in [0.15, 0.2) is 11.6 Å². The van der Waals surface area contributed by atoms with Crippen molar-refractivity contribution in [3.05, 3.63) is 23.8 Å². The van der Waals surface area contributed by atoms with E-state index in [9.17, 15) is 19.8 Å². The zero-order valence-electron chi connectivity index (χ0n) is 16.5. The Morgan fingerprint density at radius 2 is 1.96 bits per heavy atom. The maximum atomic E-state index is 12.4. The van der Waals surface area contributed by atoms with Gasteiger partial charge in [0.2, 0.25) is 0 Å². The lowest BCUT2D eigenvalue weighted by Crippen LogP contribution is -2.68. The van der Waals surface area contributed by atoms with Crippen LogP contribution in [0.15, 0.2) is 23.8 Å². The first-order valence-electron chi connectivity index (χ1n) is 9.97. The Morgan fingerprint density at radius 1 is 1.30 bits per heavy atom. The van der Waals surface area contributed by atoms with E-state index in [-0.39, 0.29) is 29.3 Å². The van der Waals surface area contributed by atoms with E-state index in [2.05, 4.69) is 29.8 Å². The third-order valence-corrected chi connectivity index (χ3v) is 10.6. The predicted octanol–water partition coefficient (Wildman–Crippen LogP) is 3.35. The minimum atomic E-state index is -1.37. The summed E-state index contributed by atoms with van der Waals surface area (Å²) in [4.78, 5) is 24.4. The summed E-state index contributed by atoms with van der Waals surface area (Å²) in [5.41, 5.74) is -1.40. The van der Waals surface area contributed by atoms with Gasteiger partial charge in [0.25, 0.3) is 0 Å². The van der Waals surface area contributed by atoms with Crippen LogP contribution < -0.4 is 0 Å². The number of rotatable bonds is 1. The molecule has 3 fully saturated rings. The summed E-state index contributed by atoms with van der Waals surface area (Å²) in [6.07, 6.45) is 7.02. The number of allylic oxidation sites excluding steroid dienone is 4. The quantitative estimate of drug-likeness (QED) is 0.617. The molecule has 0 aromatic carbocycles. The van der Waals surface area contributed by atoms with Gasteiger partial charge in [-0.25, -0.2) is 0 Å². The van der Waals surface area contributed by atoms with Crippen molar-refractivity contribution < 1.29 is 19.8 Å². The van der Waals surface area contributed by atoms with Gasteiger partial charge in [0.1, 0.15) is 5.60 Å². The van der Waals surface area contributed by atoms with Gasteiger partial charge in [-0.05, 0) is 62.5 Å². The van der Waals surface area contributed by atoms with Crippen molar-refractivity contribution in [2.75, 3.05) is 0 Å². The highest BCUT2D eigenvalue weighted by Crippen LogP contribution is 2.71. The smallest absolute Gasteiger partial charge is 0.178 e. The predicted molar refractivity (Wildman–Crippen MR) is 106 cm³/mol. The summed E-state index contributed by atoms with van der Waals surface area (Å²) in [5.74, 6) is 0.266. The number of aliphatic hydroxyl groups is 2. The second-order valence-corrected chi connectivity index (χ2v) is 11.1. The number of hydrogen-bond donors (Lipinski definition) is 2. The molecule has 0 unspecified atom stereocenters. The maximum Gasteiger partial charge on any atom is 0.178 e. The average molecular weight is 437 g/mol. The lowest BCUT2D eigenvalue weighted by molar-refractivity contribution is -0.169. The molecule has 0 aromatic rings. The topological polar surface area (TPSA) is 74.6 Å². The number of alkyl halides is 1. The van der Waals surface area contributed by atoms with Crippen molar-refractivity contribution in [3.63, 3.8) is 0 Å². The third-order valence-electron chi connectivity index (χ3n) is 8.70. The molecule has 5 heteroatoms. The lowest BCUT2D eigenvalue weighted by atomic mass is 9.44. The summed E-state index contributed by atoms with van der Waals surface area (Å²) >= 11 is 4.00. The first-order chi connectivity index (χ1) is 12.4. The molecular weight excluding hydrogens is 408 g/mol. The highest BCUT2D eigenvalue weighted by molar-refractivity contribution is 9.10. The van der Waals surface area contributed by atoms with E-state index < -0.39 is 26.9 Å². The summed E-state index contributed by atoms with van der Waals surface area (Å²) in [7, 11) is 0. The van der Waals surface area contributed by atoms with Crippen LogP contribution in [0.5, 0.6) is 0 Å². The number of Topliss-reactive ketones (excluding diaryl/α,β-unsaturated/α-hetero) is 1. The molecular formula is C22H29BrO4. The molecule has 4 rings (SSSR count). The lowest BCUT2D eigenvalue weighted by Gasteiger charge is -2.65. The fourth-order valence-corrected chi connectivity index (χ4v) is 8.21. The molecule has 3 saturated carbocycles. The molecule has 0 saturated heterocycles. The van der Waals surface area contributed by atoms with Crippen LogP contribution in [0.1, 0.15) is 53.4 Å². The largest absolute Gasteiger partial charge is 0.392 e. The van der Waals surface area contributed by atoms with Crippen molar-refractivity contribution in [2.24, 2.45) is 28.6 Å². The average Bonchev–Trinajstić information content (AvgIpc) is 2.85. The SMILES string of the molecule is CC(=O)[C@@]1(O)CC[C@H]2[C@@H]3C[C@H](C)C4=CC(=O)C=C[C@]4(C)[C@@]3(Br)[C@@H](O)C[C@@]21C. The number of halogens is 1. The summed E-state index contributed by atoms with van der Waals surface area (Å²) in [6.45, 7) is 7.71. The monoisotopic (exact) mass is 436 g/mol. The van der Waals surface area contributed by atoms with Crippen LogP contribution in [0.25, 0.3) is 0 Å². The molecule has 0 radical (unpaired) electrons. The number of carbonyl (C=O) groups excluding carboxylic acids is 2. The van der Waals surface area contributed by atoms with Crippen LogP contribution in [-0.4, -0.2) is 37.8 Å². The van der Waals surface area contributed by atoms with E-state index in [1.54, 1.807) is 12.2 Å². The number of carbonyl (C=O) groups is 2. The van der Waals surface area contributed by atoms with Crippen LogP contribution in [-0.2, 0) is 9.59 Å². The van der Waals surface area contributed by atoms with Crippen molar-refractivity contribution in [1.29, 1.82) is 0 Å². The molecule has 0 bridgehead atoms. The Bertz CT molecular complexity index is 787. The molecule has 0 aromatic heterocycles. The van der Waals surface area contributed by atoms with Gasteiger partial charge in [0.05, 0.1) is 10.4 Å². The number of aliphatic hydroxyl groups excluding tert-OH is 1. The van der Waals surface area contributed by atoms with Gasteiger partial charge >= 0.3 is 0 Å². The zero-order chi connectivity index (χ0) is 20.0. The molecule has 0 spiro atoms. The molecule has 4 nitrogen and oxygen atoms in total. The van der Waals surface area contributed by atoms with E-state index in [1.165, 1.54) is 6.92 Å². The molecule has 4 aliphatic rings. The van der Waals surface area contributed by atoms with E-state index >= 15 is 0 Å². The first-order valence-corrected chi connectivity index (χ1v) is 10.8. The maximum absolute atomic E-state index is 12.4. The van der Waals surface area contributed by atoms with Crippen LogP contribution in [0, 0.1) is 28.6 Å². The molecule has 8 atom stereocenters. The van der Waals surface area contributed by atoms with Crippen molar-refractivity contribution >= 4 is 27.5 Å². The molecule has 27 heavy (non-hydrogen) atoms. The van der Waals surface area contributed by atoms with Crippen LogP contribution in [0.4, 0.5) is 0 Å². The van der Waals surface area contributed by atoms with Gasteiger partial charge in [-0.2, -0.15) is 0 Å². The van der Waals surface area contributed by atoms with E-state index in [0.29, 0.717) is 12.8 Å². The Hall–Kier alpha value is -0.780. The molecule has 148 valence electrons. The van der Waals surface area contributed by atoms with Gasteiger partial charge in [0, 0.05) is 10.8 Å². The summed E-state index contributed by atoms with van der Waals surface area (Å²) in [6, 6.07) is 0. The molecule has 4 aliphatic carbocycles. The summed E-state index contributed by atoms with van der Waals surface area (Å²) in [5, 5.41) is 22.7. The minimum Gasteiger partial charge on any atom is -0.392 e. The van der Waals surface area contributed by atoms with E-state index in [0.717, 1.165) is 18.4 Å². The number of fused-ring (bicyclic) bond motifs is 5. The van der Waals surface area contributed by atoms with Gasteiger partial charge in [-0.15, -0.1) is 0 Å². The van der Waals surface area contributed by atoms with Crippen molar-refractivity contribution in [1.82, 2.24) is 0 Å². The first kappa shape index (κ1) is 19.5. The second-order valence-electron chi connectivity index (χ2n) is 9.75. The summed E-state index contributed by atoms with van der Waals surface area (Å²) < 4.78 is -0.609. The fourth-order valence-electron chi connectivity index (χ4n) is 7.18. The van der Waals surface area contributed by atoms with Crippen molar-refractivity contribution in [3.8, 4) is 0 Å². The zero-order valence-corrected chi connectivity index (χ0v) is 18.0. The van der Waals surface area contributed by atoms with Gasteiger partial charge in [-0.3, -0.25) is 9.59 Å².